The molecular formula is C15H20N2O. The SMILES string of the molecule is CCC(CC#N)NC1c2ccccc2OC1(C)C. The van der Waals surface area contributed by atoms with Gasteiger partial charge < -0.3 is 10.1 Å². The molecule has 0 aromatic heterocycles. The smallest absolute Gasteiger partial charge is 0.125 e. The number of hydrogen-bond acceptors (Lipinski definition) is 3. The van der Waals surface area contributed by atoms with Crippen molar-refractivity contribution in [3.63, 3.8) is 0 Å². The summed E-state index contributed by atoms with van der Waals surface area (Å²) in [7, 11) is 0. The van der Waals surface area contributed by atoms with E-state index in [1.165, 1.54) is 5.56 Å². The lowest BCUT2D eigenvalue weighted by atomic mass is 9.93. The van der Waals surface area contributed by atoms with Crippen LogP contribution < -0.4 is 10.1 Å². The highest BCUT2D eigenvalue weighted by molar-refractivity contribution is 5.42. The van der Waals surface area contributed by atoms with Gasteiger partial charge in [-0.3, -0.25) is 0 Å². The van der Waals surface area contributed by atoms with Crippen LogP contribution in [0.5, 0.6) is 5.75 Å². The van der Waals surface area contributed by atoms with Crippen LogP contribution in [0.4, 0.5) is 0 Å². The van der Waals surface area contributed by atoms with E-state index in [-0.39, 0.29) is 17.7 Å². The Kier molecular flexibility index (Phi) is 3.58. The summed E-state index contributed by atoms with van der Waals surface area (Å²) in [6.07, 6.45) is 1.48. The molecule has 0 amide bonds. The van der Waals surface area contributed by atoms with Gasteiger partial charge in [-0.25, -0.2) is 0 Å². The van der Waals surface area contributed by atoms with Crippen molar-refractivity contribution in [2.24, 2.45) is 0 Å². The second-order valence-electron chi connectivity index (χ2n) is 5.31. The fraction of sp³-hybridized carbons (Fsp3) is 0.533. The summed E-state index contributed by atoms with van der Waals surface area (Å²) in [6.45, 7) is 6.28. The molecule has 1 heterocycles. The molecule has 3 heteroatoms. The third kappa shape index (κ3) is 2.34. The van der Waals surface area contributed by atoms with Gasteiger partial charge in [-0.1, -0.05) is 25.1 Å². The van der Waals surface area contributed by atoms with E-state index in [4.69, 9.17) is 10.00 Å². The number of rotatable bonds is 4. The van der Waals surface area contributed by atoms with Crippen LogP contribution in [0.3, 0.4) is 0 Å². The average Bonchev–Trinajstić information content (AvgIpc) is 2.59. The van der Waals surface area contributed by atoms with E-state index in [2.05, 4.69) is 38.2 Å². The van der Waals surface area contributed by atoms with Crippen LogP contribution in [-0.2, 0) is 0 Å². The number of ether oxygens (including phenoxy) is 1. The van der Waals surface area contributed by atoms with Crippen molar-refractivity contribution in [1.29, 1.82) is 5.26 Å². The van der Waals surface area contributed by atoms with Gasteiger partial charge in [0.2, 0.25) is 0 Å². The maximum absolute atomic E-state index is 8.85. The molecular weight excluding hydrogens is 224 g/mol. The molecule has 0 radical (unpaired) electrons. The number of para-hydroxylation sites is 1. The monoisotopic (exact) mass is 244 g/mol. The Morgan fingerprint density at radius 2 is 2.17 bits per heavy atom. The molecule has 18 heavy (non-hydrogen) atoms. The van der Waals surface area contributed by atoms with Crippen LogP contribution >= 0.6 is 0 Å². The predicted molar refractivity (Wildman–Crippen MR) is 71.3 cm³/mol. The Morgan fingerprint density at radius 1 is 1.44 bits per heavy atom. The van der Waals surface area contributed by atoms with Gasteiger partial charge in [0, 0.05) is 11.6 Å². The molecule has 0 bridgehead atoms. The van der Waals surface area contributed by atoms with Crippen molar-refractivity contribution < 1.29 is 4.74 Å². The van der Waals surface area contributed by atoms with E-state index in [1.807, 2.05) is 18.2 Å². The lowest BCUT2D eigenvalue weighted by molar-refractivity contribution is 0.0908. The van der Waals surface area contributed by atoms with Crippen LogP contribution in [0.15, 0.2) is 24.3 Å². The molecule has 2 atom stereocenters. The fourth-order valence-electron chi connectivity index (χ4n) is 2.49. The maximum atomic E-state index is 8.85. The van der Waals surface area contributed by atoms with Crippen molar-refractivity contribution in [1.82, 2.24) is 5.32 Å². The first-order valence-corrected chi connectivity index (χ1v) is 6.49. The van der Waals surface area contributed by atoms with Gasteiger partial charge in [0.1, 0.15) is 11.4 Å². The number of hydrogen-bond donors (Lipinski definition) is 1. The van der Waals surface area contributed by atoms with Crippen LogP contribution in [0.2, 0.25) is 0 Å². The summed E-state index contributed by atoms with van der Waals surface area (Å²) in [6, 6.07) is 10.7. The van der Waals surface area contributed by atoms with Gasteiger partial charge in [-0.15, -0.1) is 0 Å². The van der Waals surface area contributed by atoms with E-state index < -0.39 is 0 Å². The van der Waals surface area contributed by atoms with Crippen molar-refractivity contribution in [2.75, 3.05) is 0 Å². The minimum absolute atomic E-state index is 0.145. The van der Waals surface area contributed by atoms with Gasteiger partial charge >= 0.3 is 0 Å². The van der Waals surface area contributed by atoms with Crippen molar-refractivity contribution >= 4 is 0 Å². The van der Waals surface area contributed by atoms with Crippen molar-refractivity contribution in [3.05, 3.63) is 29.8 Å². The summed E-state index contributed by atoms with van der Waals surface area (Å²) in [5.74, 6) is 0.951. The lowest BCUT2D eigenvalue weighted by Gasteiger charge is -2.30. The largest absolute Gasteiger partial charge is 0.486 e. The van der Waals surface area contributed by atoms with Crippen LogP contribution in [0.25, 0.3) is 0 Å². The van der Waals surface area contributed by atoms with E-state index >= 15 is 0 Å². The van der Waals surface area contributed by atoms with E-state index in [0.29, 0.717) is 6.42 Å². The molecule has 0 fully saturated rings. The standard InChI is InChI=1S/C15H20N2O/c1-4-11(9-10-16)17-14-12-7-5-6-8-13(12)18-15(14,2)3/h5-8,11,14,17H,4,9H2,1-3H3. The molecule has 1 aromatic carbocycles. The van der Waals surface area contributed by atoms with E-state index in [0.717, 1.165) is 12.2 Å². The van der Waals surface area contributed by atoms with Crippen LogP contribution in [-0.4, -0.2) is 11.6 Å². The minimum Gasteiger partial charge on any atom is -0.486 e. The van der Waals surface area contributed by atoms with Gasteiger partial charge in [0.15, 0.2) is 0 Å². The second kappa shape index (κ2) is 4.99. The number of nitriles is 1. The summed E-state index contributed by atoms with van der Waals surface area (Å²) < 4.78 is 5.99. The molecule has 0 saturated carbocycles. The molecule has 2 rings (SSSR count). The second-order valence-corrected chi connectivity index (χ2v) is 5.31. The molecule has 2 unspecified atom stereocenters. The Labute approximate surface area is 109 Å². The fourth-order valence-corrected chi connectivity index (χ4v) is 2.49. The molecule has 0 spiro atoms. The number of benzene rings is 1. The molecule has 3 nitrogen and oxygen atoms in total. The maximum Gasteiger partial charge on any atom is 0.125 e. The van der Waals surface area contributed by atoms with Crippen LogP contribution in [0, 0.1) is 11.3 Å². The topological polar surface area (TPSA) is 45.0 Å². The summed E-state index contributed by atoms with van der Waals surface area (Å²) in [5, 5.41) is 12.4. The van der Waals surface area contributed by atoms with Crippen molar-refractivity contribution in [3.8, 4) is 11.8 Å². The third-order valence-electron chi connectivity index (χ3n) is 3.53. The van der Waals surface area contributed by atoms with E-state index in [1.54, 1.807) is 0 Å². The molecule has 0 saturated heterocycles. The summed E-state index contributed by atoms with van der Waals surface area (Å²) in [5.41, 5.74) is 0.922. The van der Waals surface area contributed by atoms with Crippen LogP contribution in [0.1, 0.15) is 45.2 Å². The van der Waals surface area contributed by atoms with E-state index in [9.17, 15) is 0 Å². The Balaban J connectivity index is 2.23. The normalized spacial score (nSPS) is 21.8. The molecule has 1 N–H and O–H groups in total. The predicted octanol–water partition coefficient (Wildman–Crippen LogP) is 3.18. The quantitative estimate of drug-likeness (QED) is 0.884. The Hall–Kier alpha value is -1.53. The first-order chi connectivity index (χ1) is 8.58. The highest BCUT2D eigenvalue weighted by Gasteiger charge is 2.41. The molecule has 1 aliphatic rings. The van der Waals surface area contributed by atoms with Gasteiger partial charge in [-0.05, 0) is 26.3 Å². The first kappa shape index (κ1) is 12.9. The van der Waals surface area contributed by atoms with Gasteiger partial charge in [0.25, 0.3) is 0 Å². The first-order valence-electron chi connectivity index (χ1n) is 6.49. The number of nitrogens with zero attached hydrogens (tertiary/aromatic N) is 1. The average molecular weight is 244 g/mol. The minimum atomic E-state index is -0.271. The Bertz CT molecular complexity index is 462. The zero-order valence-electron chi connectivity index (χ0n) is 11.2. The molecule has 96 valence electrons. The molecule has 1 aliphatic heterocycles. The zero-order chi connectivity index (χ0) is 13.2. The highest BCUT2D eigenvalue weighted by Crippen LogP contribution is 2.43. The highest BCUT2D eigenvalue weighted by atomic mass is 16.5. The zero-order valence-corrected chi connectivity index (χ0v) is 11.2. The summed E-state index contributed by atoms with van der Waals surface area (Å²) in [4.78, 5) is 0. The number of fused-ring (bicyclic) bond motifs is 1. The molecule has 1 aromatic rings. The Morgan fingerprint density at radius 3 is 2.83 bits per heavy atom. The third-order valence-corrected chi connectivity index (χ3v) is 3.53. The lowest BCUT2D eigenvalue weighted by Crippen LogP contribution is -2.43. The van der Waals surface area contributed by atoms with Crippen molar-refractivity contribution in [2.45, 2.75) is 51.3 Å². The number of nitrogens with one attached hydrogen (secondary N) is 1. The molecule has 0 aliphatic carbocycles. The van der Waals surface area contributed by atoms with Gasteiger partial charge in [-0.2, -0.15) is 5.26 Å². The van der Waals surface area contributed by atoms with Gasteiger partial charge in [0.05, 0.1) is 18.5 Å². The summed E-state index contributed by atoms with van der Waals surface area (Å²) >= 11 is 0.